The molecule has 0 aromatic carbocycles. The van der Waals surface area contributed by atoms with E-state index < -0.39 is 0 Å². The van der Waals surface area contributed by atoms with Gasteiger partial charge in [0.2, 0.25) is 0 Å². The number of rotatable bonds is 5. The van der Waals surface area contributed by atoms with Crippen molar-refractivity contribution in [1.29, 1.82) is 0 Å². The van der Waals surface area contributed by atoms with E-state index in [0.29, 0.717) is 10.8 Å². The van der Waals surface area contributed by atoms with Gasteiger partial charge in [-0.3, -0.25) is 0 Å². The summed E-state index contributed by atoms with van der Waals surface area (Å²) in [6, 6.07) is 0. The molecule has 0 unspecified atom stereocenters. The molecule has 34 heavy (non-hydrogen) atoms. The van der Waals surface area contributed by atoms with Crippen LogP contribution < -0.4 is 0 Å². The van der Waals surface area contributed by atoms with Crippen molar-refractivity contribution >= 4 is 21.6 Å². The third kappa shape index (κ3) is 5.81. The average Bonchev–Trinajstić information content (AvgIpc) is 2.84. The number of aliphatic hydroxyl groups excluding tert-OH is 2. The molecule has 0 saturated heterocycles. The Morgan fingerprint density at radius 1 is 0.706 bits per heavy atom. The molecule has 0 radical (unpaired) electrons. The lowest BCUT2D eigenvalue weighted by Crippen LogP contribution is -2.47. The summed E-state index contributed by atoms with van der Waals surface area (Å²) in [6.45, 7) is 14.0. The fourth-order valence-electron chi connectivity index (χ4n) is 7.83. The monoisotopic (exact) mass is 506 g/mol. The first-order valence-electron chi connectivity index (χ1n) is 13.9. The molecule has 0 heterocycles. The van der Waals surface area contributed by atoms with Gasteiger partial charge in [-0.05, 0) is 123 Å². The molecule has 4 rings (SSSR count). The van der Waals surface area contributed by atoms with Crippen LogP contribution in [0.15, 0.2) is 23.3 Å². The molecule has 2 saturated carbocycles. The molecule has 0 spiro atoms. The van der Waals surface area contributed by atoms with Crippen molar-refractivity contribution in [3.8, 4) is 0 Å². The van der Waals surface area contributed by atoms with Crippen LogP contribution in [0.25, 0.3) is 0 Å². The van der Waals surface area contributed by atoms with Gasteiger partial charge in [-0.2, -0.15) is 0 Å². The van der Waals surface area contributed by atoms with E-state index in [4.69, 9.17) is 0 Å². The summed E-state index contributed by atoms with van der Waals surface area (Å²) >= 11 is 0. The van der Waals surface area contributed by atoms with Crippen molar-refractivity contribution in [2.24, 2.45) is 46.3 Å². The van der Waals surface area contributed by atoms with Crippen LogP contribution in [0, 0.1) is 46.3 Å². The van der Waals surface area contributed by atoms with Gasteiger partial charge in [0.05, 0.1) is 12.2 Å². The lowest BCUT2D eigenvalue weighted by atomic mass is 9.51. The molecule has 0 aliphatic heterocycles. The second-order valence-corrected chi connectivity index (χ2v) is 16.1. The fourth-order valence-corrected chi connectivity index (χ4v) is 10.8. The van der Waals surface area contributed by atoms with Gasteiger partial charge >= 0.3 is 0 Å². The lowest BCUT2D eigenvalue weighted by Gasteiger charge is -2.55. The first-order chi connectivity index (χ1) is 16.0. The standard InChI is InChI=1S/C30H50O2S2/c1-19-7-11-25-23(15-29(25,3)4)21(9-13-27(19)31)17-33-34-18-22-10-14-28(32)20(2)8-12-26-24(22)16-30(26,5)6/h7-8,21-28,31-32H,9-18H2,1-6H3/b19-7-,20-8-/t21-,22-,23+,24+,25+,26+,27-,28-/m0/s1. The number of aliphatic hydroxyl groups is 2. The molecule has 0 bridgehead atoms. The summed E-state index contributed by atoms with van der Waals surface area (Å²) in [5.74, 6) is 7.10. The van der Waals surface area contributed by atoms with E-state index in [2.05, 4.69) is 75.3 Å². The zero-order valence-corrected chi connectivity index (χ0v) is 24.2. The molecule has 4 aliphatic carbocycles. The quantitative estimate of drug-likeness (QED) is 0.226. The van der Waals surface area contributed by atoms with Gasteiger partial charge in [-0.25, -0.2) is 0 Å². The van der Waals surface area contributed by atoms with Crippen molar-refractivity contribution in [3.63, 3.8) is 0 Å². The first-order valence-corrected chi connectivity index (χ1v) is 16.4. The smallest absolute Gasteiger partial charge is 0.0747 e. The molecule has 2 fully saturated rings. The zero-order chi connectivity index (χ0) is 24.7. The summed E-state index contributed by atoms with van der Waals surface area (Å²) in [7, 11) is 4.21. The van der Waals surface area contributed by atoms with Crippen LogP contribution in [-0.4, -0.2) is 33.9 Å². The van der Waals surface area contributed by atoms with E-state index in [1.54, 1.807) is 0 Å². The van der Waals surface area contributed by atoms with Crippen molar-refractivity contribution in [2.75, 3.05) is 11.5 Å². The van der Waals surface area contributed by atoms with Crippen molar-refractivity contribution in [3.05, 3.63) is 23.3 Å². The van der Waals surface area contributed by atoms with E-state index in [9.17, 15) is 10.2 Å². The maximum absolute atomic E-state index is 10.6. The van der Waals surface area contributed by atoms with Gasteiger partial charge in [0.15, 0.2) is 0 Å². The van der Waals surface area contributed by atoms with Crippen LogP contribution in [0.2, 0.25) is 0 Å². The number of allylic oxidation sites excluding steroid dienone is 2. The summed E-state index contributed by atoms with van der Waals surface area (Å²) in [6.07, 6.45) is 13.3. The maximum atomic E-state index is 10.6. The van der Waals surface area contributed by atoms with E-state index in [0.717, 1.165) is 74.0 Å². The van der Waals surface area contributed by atoms with Crippen LogP contribution in [-0.2, 0) is 0 Å². The summed E-state index contributed by atoms with van der Waals surface area (Å²) in [5.41, 5.74) is 3.27. The molecule has 0 amide bonds. The average molecular weight is 507 g/mol. The molecule has 4 heteroatoms. The molecule has 2 N–H and O–H groups in total. The normalized spacial score (nSPS) is 44.9. The molecule has 8 atom stereocenters. The minimum absolute atomic E-state index is 0.248. The third-order valence-corrected chi connectivity index (χ3v) is 13.1. The second kappa shape index (κ2) is 10.8. The highest BCUT2D eigenvalue weighted by molar-refractivity contribution is 8.76. The molecule has 0 aromatic rings. The van der Waals surface area contributed by atoms with Crippen molar-refractivity contribution in [2.45, 2.75) is 105 Å². The van der Waals surface area contributed by atoms with Gasteiger partial charge in [0.1, 0.15) is 0 Å². The van der Waals surface area contributed by atoms with E-state index in [-0.39, 0.29) is 12.2 Å². The predicted molar refractivity (Wildman–Crippen MR) is 150 cm³/mol. The van der Waals surface area contributed by atoms with Gasteiger partial charge < -0.3 is 10.2 Å². The molecular weight excluding hydrogens is 456 g/mol. The molecular formula is C30H50O2S2. The Morgan fingerprint density at radius 2 is 1.09 bits per heavy atom. The topological polar surface area (TPSA) is 40.5 Å². The van der Waals surface area contributed by atoms with Gasteiger partial charge in [-0.1, -0.05) is 61.4 Å². The Hall–Kier alpha value is 0.1000. The Morgan fingerprint density at radius 3 is 1.44 bits per heavy atom. The fraction of sp³-hybridized carbons (Fsp3) is 0.867. The van der Waals surface area contributed by atoms with Crippen LogP contribution >= 0.6 is 21.6 Å². The summed E-state index contributed by atoms with van der Waals surface area (Å²) in [4.78, 5) is 0. The Balaban J connectivity index is 1.33. The first kappa shape index (κ1) is 27.1. The predicted octanol–water partition coefficient (Wildman–Crippen LogP) is 7.91. The van der Waals surface area contributed by atoms with E-state index in [1.807, 2.05) is 0 Å². The second-order valence-electron chi connectivity index (χ2n) is 13.6. The summed E-state index contributed by atoms with van der Waals surface area (Å²) < 4.78 is 0. The highest BCUT2D eigenvalue weighted by Gasteiger charge is 2.50. The van der Waals surface area contributed by atoms with Gasteiger partial charge in [0, 0.05) is 11.5 Å². The van der Waals surface area contributed by atoms with Crippen molar-refractivity contribution in [1.82, 2.24) is 0 Å². The molecule has 2 nitrogen and oxygen atoms in total. The third-order valence-electron chi connectivity index (χ3n) is 10.5. The highest BCUT2D eigenvalue weighted by Crippen LogP contribution is 2.59. The zero-order valence-electron chi connectivity index (χ0n) is 22.6. The largest absolute Gasteiger partial charge is 0.389 e. The maximum Gasteiger partial charge on any atom is 0.0747 e. The van der Waals surface area contributed by atoms with Gasteiger partial charge in [0.25, 0.3) is 0 Å². The Bertz CT molecular complexity index is 706. The minimum Gasteiger partial charge on any atom is -0.389 e. The van der Waals surface area contributed by atoms with E-state index in [1.165, 1.54) is 35.5 Å². The lowest BCUT2D eigenvalue weighted by molar-refractivity contribution is -0.0418. The Kier molecular flexibility index (Phi) is 8.65. The minimum atomic E-state index is -0.248. The number of fused-ring (bicyclic) bond motifs is 2. The van der Waals surface area contributed by atoms with Crippen LogP contribution in [0.3, 0.4) is 0 Å². The van der Waals surface area contributed by atoms with Crippen LogP contribution in [0.5, 0.6) is 0 Å². The molecule has 4 aliphatic rings. The van der Waals surface area contributed by atoms with E-state index >= 15 is 0 Å². The highest BCUT2D eigenvalue weighted by atomic mass is 33.1. The SMILES string of the molecule is C/C1=C/C[C@@H]2[C@H](CC2(C)C)[C@H](CSSC[C@@H]2CC[C@H](O)/C(C)=C\C[C@@H]3[C@@H]2CC3(C)C)CC[C@@H]1O. The van der Waals surface area contributed by atoms with Crippen LogP contribution in [0.4, 0.5) is 0 Å². The number of hydrogen-bond acceptors (Lipinski definition) is 4. The van der Waals surface area contributed by atoms with Gasteiger partial charge in [-0.15, -0.1) is 0 Å². The molecule has 0 aromatic heterocycles. The van der Waals surface area contributed by atoms with Crippen molar-refractivity contribution < 1.29 is 10.2 Å². The molecule has 194 valence electrons. The van der Waals surface area contributed by atoms with Crippen LogP contribution in [0.1, 0.15) is 92.9 Å². The number of hydrogen-bond donors (Lipinski definition) is 2. The Labute approximate surface area is 217 Å². The summed E-state index contributed by atoms with van der Waals surface area (Å²) in [5, 5.41) is 21.2.